The summed E-state index contributed by atoms with van der Waals surface area (Å²) in [6, 6.07) is 0.503. The number of carbonyl (C=O) groups is 1. The summed E-state index contributed by atoms with van der Waals surface area (Å²) in [7, 11) is 0. The van der Waals surface area contributed by atoms with Gasteiger partial charge in [-0.3, -0.25) is 0 Å². The Morgan fingerprint density at radius 3 is 2.65 bits per heavy atom. The van der Waals surface area contributed by atoms with Gasteiger partial charge < -0.3 is 20.1 Å². The minimum atomic E-state index is -0.435. The normalized spacial score (nSPS) is 31.3. The second kappa shape index (κ2) is 8.34. The summed E-state index contributed by atoms with van der Waals surface area (Å²) in [5, 5.41) is 6.67. The Morgan fingerprint density at radius 2 is 1.96 bits per heavy atom. The number of hydrogen-bond donors (Lipinski definition) is 2. The zero-order chi connectivity index (χ0) is 16.9. The molecule has 1 saturated carbocycles. The van der Waals surface area contributed by atoms with E-state index in [1.165, 1.54) is 25.7 Å². The van der Waals surface area contributed by atoms with E-state index in [2.05, 4.69) is 17.6 Å². The smallest absolute Gasteiger partial charge is 0.407 e. The van der Waals surface area contributed by atoms with Crippen molar-refractivity contribution >= 4 is 6.09 Å². The number of hydrogen-bond acceptors (Lipinski definition) is 4. The van der Waals surface area contributed by atoms with E-state index in [0.29, 0.717) is 30.5 Å². The minimum Gasteiger partial charge on any atom is -0.444 e. The summed E-state index contributed by atoms with van der Waals surface area (Å²) in [4.78, 5) is 11.8. The van der Waals surface area contributed by atoms with Crippen molar-refractivity contribution in [3.05, 3.63) is 0 Å². The van der Waals surface area contributed by atoms with Gasteiger partial charge in [0.1, 0.15) is 5.60 Å². The molecule has 5 nitrogen and oxygen atoms in total. The van der Waals surface area contributed by atoms with Gasteiger partial charge in [0, 0.05) is 25.7 Å². The molecule has 0 aromatic carbocycles. The van der Waals surface area contributed by atoms with E-state index in [1.54, 1.807) is 0 Å². The quantitative estimate of drug-likeness (QED) is 0.787. The highest BCUT2D eigenvalue weighted by Crippen LogP contribution is 2.27. The van der Waals surface area contributed by atoms with Crippen molar-refractivity contribution in [2.75, 3.05) is 19.7 Å². The largest absolute Gasteiger partial charge is 0.444 e. The van der Waals surface area contributed by atoms with Crippen LogP contribution in [0.1, 0.15) is 59.8 Å². The first-order valence-electron chi connectivity index (χ1n) is 9.21. The van der Waals surface area contributed by atoms with Crippen LogP contribution >= 0.6 is 0 Å². The van der Waals surface area contributed by atoms with E-state index < -0.39 is 5.60 Å². The zero-order valence-corrected chi connectivity index (χ0v) is 15.2. The van der Waals surface area contributed by atoms with Crippen LogP contribution in [0.2, 0.25) is 0 Å². The molecule has 1 aliphatic heterocycles. The van der Waals surface area contributed by atoms with Gasteiger partial charge in [0.2, 0.25) is 0 Å². The van der Waals surface area contributed by atoms with Crippen LogP contribution in [-0.4, -0.2) is 43.5 Å². The average molecular weight is 326 g/mol. The fourth-order valence-electron chi connectivity index (χ4n) is 3.76. The van der Waals surface area contributed by atoms with E-state index in [0.717, 1.165) is 19.6 Å². The van der Waals surface area contributed by atoms with Crippen molar-refractivity contribution in [1.29, 1.82) is 0 Å². The van der Waals surface area contributed by atoms with Crippen LogP contribution in [0.15, 0.2) is 0 Å². The summed E-state index contributed by atoms with van der Waals surface area (Å²) in [5.41, 5.74) is -0.435. The van der Waals surface area contributed by atoms with Crippen molar-refractivity contribution in [2.45, 2.75) is 77.5 Å². The molecule has 0 bridgehead atoms. The third-order valence-corrected chi connectivity index (χ3v) is 4.96. The first-order chi connectivity index (χ1) is 10.9. The van der Waals surface area contributed by atoms with Gasteiger partial charge >= 0.3 is 6.09 Å². The molecule has 0 spiro atoms. The molecule has 0 aromatic heterocycles. The molecule has 4 atom stereocenters. The molecule has 0 radical (unpaired) electrons. The number of alkyl carbamates (subject to hydrolysis) is 1. The van der Waals surface area contributed by atoms with Gasteiger partial charge in [0.15, 0.2) is 0 Å². The maximum atomic E-state index is 11.8. The van der Waals surface area contributed by atoms with Gasteiger partial charge in [-0.2, -0.15) is 0 Å². The molecular formula is C18H34N2O3. The Bertz CT molecular complexity index is 381. The highest BCUT2D eigenvalue weighted by atomic mass is 16.6. The Labute approximate surface area is 140 Å². The maximum Gasteiger partial charge on any atom is 0.407 e. The van der Waals surface area contributed by atoms with Crippen LogP contribution < -0.4 is 10.6 Å². The van der Waals surface area contributed by atoms with Crippen LogP contribution in [0.25, 0.3) is 0 Å². The standard InChI is InChI=1S/C18H34N2O3/c1-5-16-14(9-10-22-16)12-19-15-8-6-7-13(15)11-20-17(21)23-18(2,3)4/h13-16,19H,5-12H2,1-4H3,(H,20,21). The molecule has 1 saturated heterocycles. The molecule has 2 rings (SSSR count). The number of rotatable bonds is 6. The summed E-state index contributed by atoms with van der Waals surface area (Å²) in [5.74, 6) is 1.14. The Morgan fingerprint density at radius 1 is 1.17 bits per heavy atom. The van der Waals surface area contributed by atoms with Gasteiger partial charge in [-0.15, -0.1) is 0 Å². The highest BCUT2D eigenvalue weighted by molar-refractivity contribution is 5.67. The van der Waals surface area contributed by atoms with Crippen molar-refractivity contribution in [3.63, 3.8) is 0 Å². The van der Waals surface area contributed by atoms with Gasteiger partial charge in [-0.1, -0.05) is 13.3 Å². The van der Waals surface area contributed by atoms with Gasteiger partial charge in [-0.25, -0.2) is 4.79 Å². The van der Waals surface area contributed by atoms with Crippen molar-refractivity contribution in [2.24, 2.45) is 11.8 Å². The lowest BCUT2D eigenvalue weighted by Gasteiger charge is -2.25. The molecule has 1 aliphatic carbocycles. The van der Waals surface area contributed by atoms with Crippen LogP contribution in [0.3, 0.4) is 0 Å². The predicted octanol–water partition coefficient (Wildman–Crippen LogP) is 3.08. The molecule has 1 amide bonds. The van der Waals surface area contributed by atoms with Gasteiger partial charge in [0.25, 0.3) is 0 Å². The zero-order valence-electron chi connectivity index (χ0n) is 15.2. The second-order valence-electron chi connectivity index (χ2n) is 7.95. The van der Waals surface area contributed by atoms with E-state index >= 15 is 0 Å². The molecule has 2 aliphatic rings. The Hall–Kier alpha value is -0.810. The third-order valence-electron chi connectivity index (χ3n) is 4.96. The molecular weight excluding hydrogens is 292 g/mol. The lowest BCUT2D eigenvalue weighted by Crippen LogP contribution is -2.43. The third kappa shape index (κ3) is 5.96. The van der Waals surface area contributed by atoms with Crippen molar-refractivity contribution in [1.82, 2.24) is 10.6 Å². The monoisotopic (exact) mass is 326 g/mol. The molecule has 23 heavy (non-hydrogen) atoms. The predicted molar refractivity (Wildman–Crippen MR) is 91.5 cm³/mol. The van der Waals surface area contributed by atoms with E-state index in [9.17, 15) is 4.79 Å². The lowest BCUT2D eigenvalue weighted by molar-refractivity contribution is 0.0517. The minimum absolute atomic E-state index is 0.307. The van der Waals surface area contributed by atoms with E-state index in [-0.39, 0.29) is 6.09 Å². The molecule has 0 aromatic rings. The van der Waals surface area contributed by atoms with E-state index in [4.69, 9.17) is 9.47 Å². The maximum absolute atomic E-state index is 11.8. The highest BCUT2D eigenvalue weighted by Gasteiger charge is 2.31. The summed E-state index contributed by atoms with van der Waals surface area (Å²) in [6.45, 7) is 10.5. The molecule has 2 fully saturated rings. The average Bonchev–Trinajstić information content (AvgIpc) is 3.09. The second-order valence-corrected chi connectivity index (χ2v) is 7.95. The number of ether oxygens (including phenoxy) is 2. The molecule has 4 unspecified atom stereocenters. The van der Waals surface area contributed by atoms with Gasteiger partial charge in [-0.05, 0) is 58.3 Å². The van der Waals surface area contributed by atoms with Crippen LogP contribution in [0, 0.1) is 11.8 Å². The summed E-state index contributed by atoms with van der Waals surface area (Å²) in [6.07, 6.45) is 5.98. The van der Waals surface area contributed by atoms with E-state index in [1.807, 2.05) is 20.8 Å². The number of carbonyl (C=O) groups excluding carboxylic acids is 1. The number of nitrogens with one attached hydrogen (secondary N) is 2. The van der Waals surface area contributed by atoms with Crippen LogP contribution in [0.4, 0.5) is 4.79 Å². The van der Waals surface area contributed by atoms with Gasteiger partial charge in [0.05, 0.1) is 6.10 Å². The Balaban J connectivity index is 1.71. The number of amides is 1. The van der Waals surface area contributed by atoms with Crippen LogP contribution in [-0.2, 0) is 9.47 Å². The molecule has 5 heteroatoms. The topological polar surface area (TPSA) is 59.6 Å². The first-order valence-corrected chi connectivity index (χ1v) is 9.21. The fraction of sp³-hybridized carbons (Fsp3) is 0.944. The van der Waals surface area contributed by atoms with Crippen LogP contribution in [0.5, 0.6) is 0 Å². The Kier molecular flexibility index (Phi) is 6.72. The SMILES string of the molecule is CCC1OCCC1CNC1CCCC1CNC(=O)OC(C)(C)C. The fourth-order valence-corrected chi connectivity index (χ4v) is 3.76. The lowest BCUT2D eigenvalue weighted by atomic mass is 9.97. The molecule has 2 N–H and O–H groups in total. The summed E-state index contributed by atoms with van der Waals surface area (Å²) >= 11 is 0. The first kappa shape index (κ1) is 18.5. The molecule has 134 valence electrons. The van der Waals surface area contributed by atoms with Crippen molar-refractivity contribution < 1.29 is 14.3 Å². The summed E-state index contributed by atoms with van der Waals surface area (Å²) < 4.78 is 11.1. The molecule has 1 heterocycles. The van der Waals surface area contributed by atoms with Crippen molar-refractivity contribution in [3.8, 4) is 0 Å².